The number of aliphatic hydroxyl groups is 2. The molecule has 0 aliphatic carbocycles. The molecule has 6 aromatic heterocycles. The van der Waals surface area contributed by atoms with Crippen molar-refractivity contribution < 1.29 is 37.2 Å². The summed E-state index contributed by atoms with van der Waals surface area (Å²) in [6.45, 7) is 13.1. The van der Waals surface area contributed by atoms with Crippen LogP contribution in [0.3, 0.4) is 0 Å². The Balaban J connectivity index is 0.000000165. The van der Waals surface area contributed by atoms with Crippen LogP contribution in [0.2, 0.25) is 0 Å². The molecule has 404 valence electrons. The van der Waals surface area contributed by atoms with Gasteiger partial charge in [-0.3, -0.25) is 9.97 Å². The zero-order chi connectivity index (χ0) is 54.9. The molecule has 10 aromatic rings. The third-order valence-corrected chi connectivity index (χ3v) is 16.0. The molecule has 0 amide bonds. The van der Waals surface area contributed by atoms with Gasteiger partial charge in [0.25, 0.3) is 0 Å². The van der Waals surface area contributed by atoms with Gasteiger partial charge >= 0.3 is 0 Å². The normalized spacial score (nSPS) is 15.9. The first kappa shape index (κ1) is 52.8. The minimum absolute atomic E-state index is 0.00161. The fraction of sp³-hybridized carbons (Fsp3) is 0.355. The Morgan fingerprint density at radius 1 is 0.513 bits per heavy atom. The van der Waals surface area contributed by atoms with E-state index in [1.165, 1.54) is 24.3 Å². The molecular weight excluding hydrogens is 997 g/mol. The predicted octanol–water partition coefficient (Wildman–Crippen LogP) is 12.8. The van der Waals surface area contributed by atoms with Crippen molar-refractivity contribution >= 4 is 43.9 Å². The molecule has 8 heterocycles. The number of aromatic nitrogens is 8. The lowest BCUT2D eigenvalue weighted by Crippen LogP contribution is -2.28. The van der Waals surface area contributed by atoms with E-state index in [0.29, 0.717) is 63.2 Å². The lowest BCUT2D eigenvalue weighted by molar-refractivity contribution is 0.0547. The van der Waals surface area contributed by atoms with Gasteiger partial charge in [-0.15, -0.1) is 0 Å². The van der Waals surface area contributed by atoms with E-state index >= 15 is 8.78 Å². The van der Waals surface area contributed by atoms with Gasteiger partial charge in [-0.2, -0.15) is 0 Å². The van der Waals surface area contributed by atoms with Gasteiger partial charge in [0.1, 0.15) is 23.3 Å². The van der Waals surface area contributed by atoms with Gasteiger partial charge in [0.05, 0.1) is 91.8 Å². The van der Waals surface area contributed by atoms with E-state index in [4.69, 9.17) is 19.4 Å². The van der Waals surface area contributed by atoms with E-state index in [0.717, 1.165) is 101 Å². The van der Waals surface area contributed by atoms with E-state index in [9.17, 15) is 19.0 Å². The summed E-state index contributed by atoms with van der Waals surface area (Å²) in [6.07, 6.45) is 10.1. The number of pyridine rings is 2. The van der Waals surface area contributed by atoms with Gasteiger partial charge in [-0.05, 0) is 151 Å². The van der Waals surface area contributed by atoms with Crippen LogP contribution in [0.15, 0.2) is 110 Å². The van der Waals surface area contributed by atoms with Crippen LogP contribution < -0.4 is 0 Å². The first-order valence-electron chi connectivity index (χ1n) is 26.6. The second-order valence-electron chi connectivity index (χ2n) is 22.2. The van der Waals surface area contributed by atoms with Crippen molar-refractivity contribution in [3.05, 3.63) is 167 Å². The van der Waals surface area contributed by atoms with Crippen LogP contribution in [0.5, 0.6) is 0 Å². The van der Waals surface area contributed by atoms with Crippen molar-refractivity contribution in [2.75, 3.05) is 26.4 Å². The molecule has 12 nitrogen and oxygen atoms in total. The summed E-state index contributed by atoms with van der Waals surface area (Å²) in [5, 5.41) is 23.5. The molecule has 0 spiro atoms. The first-order valence-corrected chi connectivity index (χ1v) is 26.6. The van der Waals surface area contributed by atoms with Crippen molar-refractivity contribution in [1.82, 2.24) is 38.2 Å². The first-order chi connectivity index (χ1) is 37.3. The van der Waals surface area contributed by atoms with Crippen LogP contribution in [0.25, 0.3) is 66.4 Å². The Kier molecular flexibility index (Phi) is 13.9. The second kappa shape index (κ2) is 20.5. The monoisotopic (exact) mass is 1060 g/mol. The van der Waals surface area contributed by atoms with Crippen LogP contribution >= 0.6 is 0 Å². The number of fused-ring (bicyclic) bond motifs is 6. The van der Waals surface area contributed by atoms with Crippen LogP contribution in [0.4, 0.5) is 17.6 Å². The second-order valence-corrected chi connectivity index (χ2v) is 22.2. The Morgan fingerprint density at radius 2 is 0.897 bits per heavy atom. The predicted molar refractivity (Wildman–Crippen MR) is 295 cm³/mol. The number of hydrogen-bond donors (Lipinski definition) is 2. The van der Waals surface area contributed by atoms with Crippen molar-refractivity contribution in [1.29, 1.82) is 0 Å². The number of halogens is 4. The number of imidazole rings is 2. The number of nitrogens with zero attached hydrogens (tertiary/aromatic N) is 8. The zero-order valence-corrected chi connectivity index (χ0v) is 45.2. The van der Waals surface area contributed by atoms with Gasteiger partial charge in [0, 0.05) is 85.9 Å². The number of aryl methyl sites for hydroxylation is 4. The average Bonchev–Trinajstić information content (AvgIpc) is 4.36. The third-order valence-electron chi connectivity index (χ3n) is 16.0. The molecule has 0 radical (unpaired) electrons. The van der Waals surface area contributed by atoms with Gasteiger partial charge in [0.2, 0.25) is 0 Å². The van der Waals surface area contributed by atoms with Crippen LogP contribution in [-0.2, 0) is 34.8 Å². The number of ether oxygens (including phenoxy) is 2. The van der Waals surface area contributed by atoms with Crippen molar-refractivity contribution in [3.8, 4) is 22.5 Å². The van der Waals surface area contributed by atoms with E-state index < -0.39 is 46.6 Å². The highest BCUT2D eigenvalue weighted by molar-refractivity contribution is 6.08. The van der Waals surface area contributed by atoms with E-state index in [1.54, 1.807) is 40.3 Å². The molecule has 12 rings (SSSR count). The molecule has 2 aliphatic heterocycles. The van der Waals surface area contributed by atoms with Gasteiger partial charge in [0.15, 0.2) is 0 Å². The van der Waals surface area contributed by atoms with Crippen LogP contribution in [0, 0.1) is 49.0 Å². The molecule has 0 saturated carbocycles. The topological polar surface area (TPSA) is 130 Å². The minimum atomic E-state index is -1.09. The maximum absolute atomic E-state index is 15.6. The minimum Gasteiger partial charge on any atom is -0.386 e. The number of benzene rings is 4. The maximum atomic E-state index is 15.6. The van der Waals surface area contributed by atoms with Gasteiger partial charge in [-0.1, -0.05) is 24.3 Å². The fourth-order valence-corrected chi connectivity index (χ4v) is 12.1. The van der Waals surface area contributed by atoms with E-state index in [-0.39, 0.29) is 11.8 Å². The highest BCUT2D eigenvalue weighted by Gasteiger charge is 2.35. The molecule has 2 atom stereocenters. The van der Waals surface area contributed by atoms with Crippen LogP contribution in [0.1, 0.15) is 99.1 Å². The number of hydrogen-bond acceptors (Lipinski definition) is 8. The largest absolute Gasteiger partial charge is 0.386 e. The number of rotatable bonds is 10. The van der Waals surface area contributed by atoms with Gasteiger partial charge < -0.3 is 38.0 Å². The van der Waals surface area contributed by atoms with Crippen LogP contribution in [-0.4, -0.2) is 74.8 Å². The van der Waals surface area contributed by atoms with Crippen molar-refractivity contribution in [2.24, 2.45) is 25.9 Å². The van der Waals surface area contributed by atoms with Crippen molar-refractivity contribution in [2.45, 2.75) is 90.5 Å². The maximum Gasteiger partial charge on any atom is 0.128 e. The molecule has 4 aromatic carbocycles. The SMILES string of the molecule is Cc1ncn(C)c1-c1cnc2c3ccc(C(C)(C)O)cc3n(C(c3cc(F)ccc3F)C3CCOCC3)c2c1.Cc1ncn(C)c1-c1cnc2c3ccc(C(C)(C)O)cc3n(C(c3cc(F)ccc3F)C3CCOCC3)c2c1. The third kappa shape index (κ3) is 9.66. The Hall–Kier alpha value is -7.24. The molecule has 78 heavy (non-hydrogen) atoms. The molecular formula is C62H64F4N8O4. The molecule has 2 unspecified atom stereocenters. The molecule has 2 saturated heterocycles. The standard InChI is InChI=1S/2C31H32F2N4O2/c2*1-18-29(36(4)17-35-18)20-13-27-28(34-16-20)23-7-5-21(31(2,3)38)14-26(23)37(27)30(19-9-11-39-12-10-19)24-15-22(32)6-8-25(24)33/h2*5-8,13-17,19,30,38H,9-12H2,1-4H3. The summed E-state index contributed by atoms with van der Waals surface area (Å²) in [4.78, 5) is 18.7. The fourth-order valence-electron chi connectivity index (χ4n) is 12.1. The van der Waals surface area contributed by atoms with Crippen molar-refractivity contribution in [3.63, 3.8) is 0 Å². The molecule has 2 N–H and O–H groups in total. The van der Waals surface area contributed by atoms with E-state index in [1.807, 2.05) is 85.9 Å². The summed E-state index contributed by atoms with van der Waals surface area (Å²) in [5.74, 6) is -1.86. The molecule has 0 bridgehead atoms. The molecule has 2 fully saturated rings. The summed E-state index contributed by atoms with van der Waals surface area (Å²) in [7, 11) is 3.88. The summed E-state index contributed by atoms with van der Waals surface area (Å²) in [6, 6.07) is 22.1. The molecule has 2 aliphatic rings. The lowest BCUT2D eigenvalue weighted by Gasteiger charge is -2.33. The van der Waals surface area contributed by atoms with Gasteiger partial charge in [-0.25, -0.2) is 27.5 Å². The lowest BCUT2D eigenvalue weighted by atomic mass is 9.86. The highest BCUT2D eigenvalue weighted by Crippen LogP contribution is 2.45. The average molecular weight is 1060 g/mol. The molecule has 16 heteroatoms. The highest BCUT2D eigenvalue weighted by atomic mass is 19.1. The zero-order valence-electron chi connectivity index (χ0n) is 45.2. The smallest absolute Gasteiger partial charge is 0.128 e. The van der Waals surface area contributed by atoms with E-state index in [2.05, 4.69) is 31.2 Å². The Labute approximate surface area is 449 Å². The summed E-state index contributed by atoms with van der Waals surface area (Å²) < 4.78 is 79.9. The quantitative estimate of drug-likeness (QED) is 0.130. The Morgan fingerprint density at radius 3 is 1.24 bits per heavy atom. The Bertz CT molecular complexity index is 3600. The summed E-state index contributed by atoms with van der Waals surface area (Å²) >= 11 is 0. The summed E-state index contributed by atoms with van der Waals surface area (Å²) in [5.41, 5.74) is 10.1.